The van der Waals surface area contributed by atoms with Crippen molar-refractivity contribution in [2.24, 2.45) is 5.41 Å². The minimum absolute atomic E-state index is 0.117. The van der Waals surface area contributed by atoms with E-state index < -0.39 is 5.41 Å². The van der Waals surface area contributed by atoms with Crippen molar-refractivity contribution < 1.29 is 4.79 Å². The van der Waals surface area contributed by atoms with Crippen LogP contribution in [0.25, 0.3) is 11.0 Å². The highest BCUT2D eigenvalue weighted by Gasteiger charge is 2.22. The minimum atomic E-state index is -0.513. The first kappa shape index (κ1) is 17.0. The summed E-state index contributed by atoms with van der Waals surface area (Å²) < 4.78 is 1.60. The molecule has 3 rings (SSSR count). The normalized spacial score (nSPS) is 11.6. The fourth-order valence-corrected chi connectivity index (χ4v) is 2.47. The van der Waals surface area contributed by atoms with Crippen LogP contribution in [0.5, 0.6) is 0 Å². The summed E-state index contributed by atoms with van der Waals surface area (Å²) in [5, 5.41) is 3.27. The van der Waals surface area contributed by atoms with Crippen molar-refractivity contribution in [2.75, 3.05) is 5.32 Å². The topological polar surface area (TPSA) is 79.8 Å². The van der Waals surface area contributed by atoms with E-state index >= 15 is 0 Å². The molecule has 0 aliphatic rings. The predicted molar refractivity (Wildman–Crippen MR) is 98.6 cm³/mol. The number of anilines is 1. The average molecular weight is 338 g/mol. The van der Waals surface area contributed by atoms with Crippen LogP contribution in [0.1, 0.15) is 26.3 Å². The molecule has 0 spiro atoms. The van der Waals surface area contributed by atoms with Gasteiger partial charge in [0.05, 0.1) is 11.7 Å². The van der Waals surface area contributed by atoms with Gasteiger partial charge in [0.15, 0.2) is 0 Å². The van der Waals surface area contributed by atoms with E-state index in [1.807, 2.05) is 51.1 Å². The first-order chi connectivity index (χ1) is 11.8. The first-order valence-corrected chi connectivity index (χ1v) is 8.28. The third-order valence-corrected chi connectivity index (χ3v) is 4.03. The van der Waals surface area contributed by atoms with Gasteiger partial charge >= 0.3 is 0 Å². The number of nitrogens with zero attached hydrogens (tertiary/aromatic N) is 2. The lowest BCUT2D eigenvalue weighted by molar-refractivity contribution is -0.123. The molecule has 0 aliphatic heterocycles. The molecule has 2 heterocycles. The number of hydrogen-bond donors (Lipinski definition) is 2. The Hall–Kier alpha value is -2.89. The molecule has 0 bridgehead atoms. The second-order valence-electron chi connectivity index (χ2n) is 7.13. The Balaban J connectivity index is 1.82. The maximum Gasteiger partial charge on any atom is 0.262 e. The van der Waals surface area contributed by atoms with Crippen LogP contribution >= 0.6 is 0 Å². The van der Waals surface area contributed by atoms with Gasteiger partial charge in [0.1, 0.15) is 11.5 Å². The van der Waals surface area contributed by atoms with Crippen molar-refractivity contribution in [1.82, 2.24) is 14.5 Å². The molecule has 2 N–H and O–H groups in total. The van der Waals surface area contributed by atoms with E-state index in [0.717, 1.165) is 6.42 Å². The molecule has 0 aliphatic carbocycles. The van der Waals surface area contributed by atoms with Gasteiger partial charge in [-0.25, -0.2) is 4.98 Å². The van der Waals surface area contributed by atoms with E-state index in [2.05, 4.69) is 15.3 Å². The van der Waals surface area contributed by atoms with E-state index in [-0.39, 0.29) is 11.5 Å². The van der Waals surface area contributed by atoms with Gasteiger partial charge < -0.3 is 10.3 Å². The van der Waals surface area contributed by atoms with Gasteiger partial charge in [0.25, 0.3) is 5.56 Å². The zero-order chi connectivity index (χ0) is 18.0. The lowest BCUT2D eigenvalue weighted by Crippen LogP contribution is -2.27. The van der Waals surface area contributed by atoms with Crippen molar-refractivity contribution in [2.45, 2.75) is 33.7 Å². The average Bonchev–Trinajstić information content (AvgIpc) is 2.98. The zero-order valence-corrected chi connectivity index (χ0v) is 14.7. The van der Waals surface area contributed by atoms with Gasteiger partial charge in [-0.1, -0.05) is 51.1 Å². The Morgan fingerprint density at radius 2 is 1.96 bits per heavy atom. The molecule has 6 nitrogen and oxygen atoms in total. The number of aryl methyl sites for hydroxylation is 2. The summed E-state index contributed by atoms with van der Waals surface area (Å²) in [6.07, 6.45) is 2.30. The third kappa shape index (κ3) is 3.79. The summed E-state index contributed by atoms with van der Waals surface area (Å²) >= 11 is 0. The van der Waals surface area contributed by atoms with Crippen LogP contribution in [0.4, 0.5) is 5.82 Å². The highest BCUT2D eigenvalue weighted by atomic mass is 16.2. The number of hydrogen-bond acceptors (Lipinski definition) is 3. The summed E-state index contributed by atoms with van der Waals surface area (Å²) in [6.45, 7) is 6.06. The number of aromatic nitrogens is 3. The Bertz CT molecular complexity index is 949. The van der Waals surface area contributed by atoms with Gasteiger partial charge in [-0.2, -0.15) is 0 Å². The number of benzene rings is 1. The number of rotatable bonds is 4. The second kappa shape index (κ2) is 6.55. The van der Waals surface area contributed by atoms with Crippen LogP contribution in [0.2, 0.25) is 0 Å². The van der Waals surface area contributed by atoms with Crippen molar-refractivity contribution in [1.29, 1.82) is 0 Å². The van der Waals surface area contributed by atoms with Crippen molar-refractivity contribution >= 4 is 22.8 Å². The molecule has 130 valence electrons. The molecule has 0 radical (unpaired) electrons. The highest BCUT2D eigenvalue weighted by Crippen LogP contribution is 2.19. The number of H-pyrrole nitrogens is 1. The maximum absolute atomic E-state index is 12.6. The highest BCUT2D eigenvalue weighted by molar-refractivity contribution is 5.95. The molecule has 1 aromatic carbocycles. The largest absolute Gasteiger partial charge is 0.326 e. The van der Waals surface area contributed by atoms with Gasteiger partial charge in [0.2, 0.25) is 5.91 Å². The summed E-state index contributed by atoms with van der Waals surface area (Å²) in [7, 11) is 0. The summed E-state index contributed by atoms with van der Waals surface area (Å²) in [4.78, 5) is 32.0. The Morgan fingerprint density at radius 3 is 2.64 bits per heavy atom. The Labute approximate surface area is 145 Å². The van der Waals surface area contributed by atoms with Crippen molar-refractivity contribution in [3.63, 3.8) is 0 Å². The Kier molecular flexibility index (Phi) is 4.44. The maximum atomic E-state index is 12.6. The molecule has 0 saturated carbocycles. The molecule has 0 saturated heterocycles. The SMILES string of the molecule is CC(C)(C)C(=O)Nc1cc2c(=O)n(CCc3ccccc3)cnc2[nH]1. The van der Waals surface area contributed by atoms with Crippen molar-refractivity contribution in [3.8, 4) is 0 Å². The number of carbonyl (C=O) groups is 1. The summed E-state index contributed by atoms with van der Waals surface area (Å²) in [5.41, 5.74) is 1.01. The van der Waals surface area contributed by atoms with Crippen LogP contribution in [-0.4, -0.2) is 20.4 Å². The van der Waals surface area contributed by atoms with E-state index in [1.54, 1.807) is 17.0 Å². The second-order valence-corrected chi connectivity index (χ2v) is 7.13. The number of carbonyl (C=O) groups excluding carboxylic acids is 1. The molecular formula is C19H22N4O2. The molecule has 25 heavy (non-hydrogen) atoms. The molecule has 0 atom stereocenters. The molecular weight excluding hydrogens is 316 g/mol. The number of amides is 1. The van der Waals surface area contributed by atoms with Crippen LogP contribution in [0.3, 0.4) is 0 Å². The van der Waals surface area contributed by atoms with Crippen molar-refractivity contribution in [3.05, 3.63) is 58.6 Å². The fraction of sp³-hybridized carbons (Fsp3) is 0.316. The molecule has 2 aromatic heterocycles. The smallest absolute Gasteiger partial charge is 0.262 e. The van der Waals surface area contributed by atoms with Crippen LogP contribution in [0.15, 0.2) is 47.5 Å². The fourth-order valence-electron chi connectivity index (χ4n) is 2.47. The lowest BCUT2D eigenvalue weighted by atomic mass is 9.96. The van der Waals surface area contributed by atoms with Crippen LogP contribution < -0.4 is 10.9 Å². The molecule has 6 heteroatoms. The number of fused-ring (bicyclic) bond motifs is 1. The molecule has 3 aromatic rings. The van der Waals surface area contributed by atoms with Gasteiger partial charge in [-0.3, -0.25) is 14.2 Å². The minimum Gasteiger partial charge on any atom is -0.326 e. The van der Waals surface area contributed by atoms with E-state index in [9.17, 15) is 9.59 Å². The lowest BCUT2D eigenvalue weighted by Gasteiger charge is -2.16. The molecule has 1 amide bonds. The van der Waals surface area contributed by atoms with E-state index in [0.29, 0.717) is 23.4 Å². The quantitative estimate of drug-likeness (QED) is 0.767. The molecule has 0 unspecified atom stereocenters. The third-order valence-electron chi connectivity index (χ3n) is 4.03. The van der Waals surface area contributed by atoms with E-state index in [4.69, 9.17) is 0 Å². The zero-order valence-electron chi connectivity index (χ0n) is 14.7. The monoisotopic (exact) mass is 338 g/mol. The first-order valence-electron chi connectivity index (χ1n) is 8.28. The number of aromatic amines is 1. The van der Waals surface area contributed by atoms with E-state index in [1.165, 1.54) is 5.56 Å². The van der Waals surface area contributed by atoms with Gasteiger partial charge in [0, 0.05) is 12.0 Å². The summed E-state index contributed by atoms with van der Waals surface area (Å²) in [5.74, 6) is 0.365. The summed E-state index contributed by atoms with van der Waals surface area (Å²) in [6, 6.07) is 11.6. The van der Waals surface area contributed by atoms with Crippen LogP contribution in [0, 0.1) is 5.41 Å². The standard InChI is InChI=1S/C19H22N4O2/c1-19(2,3)18(25)22-15-11-14-16(21-15)20-12-23(17(14)24)10-9-13-7-5-4-6-8-13/h4-8,11-12,21H,9-10H2,1-3H3,(H,22,25). The molecule has 0 fully saturated rings. The van der Waals surface area contributed by atoms with Gasteiger partial charge in [-0.05, 0) is 18.1 Å². The van der Waals surface area contributed by atoms with Gasteiger partial charge in [-0.15, -0.1) is 0 Å². The predicted octanol–water partition coefficient (Wildman–Crippen LogP) is 2.95. The Morgan fingerprint density at radius 1 is 1.24 bits per heavy atom. The van der Waals surface area contributed by atoms with Crippen LogP contribution in [-0.2, 0) is 17.8 Å². The number of nitrogens with one attached hydrogen (secondary N) is 2.